The van der Waals surface area contributed by atoms with Gasteiger partial charge in [0.25, 0.3) is 0 Å². The van der Waals surface area contributed by atoms with Crippen molar-refractivity contribution < 1.29 is 9.84 Å². The van der Waals surface area contributed by atoms with Crippen LogP contribution in [0.3, 0.4) is 0 Å². The van der Waals surface area contributed by atoms with Crippen LogP contribution in [-0.2, 0) is 4.74 Å². The standard InChI is InChI=1S/C13H26N2O2/c1-11(16)12-3-5-15(6-4-12)10-13-9-14(2)7-8-17-13/h11-13,16H,3-10H2,1-2H3. The van der Waals surface area contributed by atoms with Crippen LogP contribution in [0.1, 0.15) is 19.8 Å². The normalized spacial score (nSPS) is 31.6. The Labute approximate surface area is 105 Å². The Morgan fingerprint density at radius 1 is 1.29 bits per heavy atom. The smallest absolute Gasteiger partial charge is 0.0829 e. The Bertz CT molecular complexity index is 227. The van der Waals surface area contributed by atoms with Gasteiger partial charge in [-0.25, -0.2) is 0 Å². The molecule has 4 heteroatoms. The third-order valence-corrected chi connectivity index (χ3v) is 4.12. The van der Waals surface area contributed by atoms with E-state index >= 15 is 0 Å². The van der Waals surface area contributed by atoms with Crippen molar-refractivity contribution in [3.63, 3.8) is 0 Å². The number of hydrogen-bond acceptors (Lipinski definition) is 4. The van der Waals surface area contributed by atoms with Crippen LogP contribution in [0.25, 0.3) is 0 Å². The lowest BCUT2D eigenvalue weighted by Gasteiger charge is -2.37. The number of morpholine rings is 1. The van der Waals surface area contributed by atoms with E-state index in [4.69, 9.17) is 4.74 Å². The highest BCUT2D eigenvalue weighted by molar-refractivity contribution is 4.79. The zero-order chi connectivity index (χ0) is 12.3. The highest BCUT2D eigenvalue weighted by Gasteiger charge is 2.26. The number of likely N-dealkylation sites (N-methyl/N-ethyl adjacent to an activating group) is 1. The van der Waals surface area contributed by atoms with Gasteiger partial charge in [-0.15, -0.1) is 0 Å². The third-order valence-electron chi connectivity index (χ3n) is 4.12. The number of piperidine rings is 1. The van der Waals surface area contributed by atoms with Crippen molar-refractivity contribution in [3.05, 3.63) is 0 Å². The Morgan fingerprint density at radius 3 is 2.59 bits per heavy atom. The molecule has 2 atom stereocenters. The van der Waals surface area contributed by atoms with E-state index in [1.54, 1.807) is 0 Å². The van der Waals surface area contributed by atoms with Gasteiger partial charge in [0, 0.05) is 19.6 Å². The van der Waals surface area contributed by atoms with Gasteiger partial charge >= 0.3 is 0 Å². The number of rotatable bonds is 3. The van der Waals surface area contributed by atoms with Crippen molar-refractivity contribution >= 4 is 0 Å². The molecule has 2 saturated heterocycles. The molecule has 0 aromatic rings. The van der Waals surface area contributed by atoms with E-state index in [1.807, 2.05) is 6.92 Å². The molecule has 2 fully saturated rings. The molecule has 0 amide bonds. The van der Waals surface area contributed by atoms with E-state index in [2.05, 4.69) is 16.8 Å². The summed E-state index contributed by atoms with van der Waals surface area (Å²) in [6.45, 7) is 8.16. The lowest BCUT2D eigenvalue weighted by Crippen LogP contribution is -2.48. The van der Waals surface area contributed by atoms with Crippen LogP contribution >= 0.6 is 0 Å². The van der Waals surface area contributed by atoms with Gasteiger partial charge in [0.15, 0.2) is 0 Å². The minimum Gasteiger partial charge on any atom is -0.393 e. The maximum absolute atomic E-state index is 9.57. The molecule has 0 aromatic heterocycles. The van der Waals surface area contributed by atoms with Crippen molar-refractivity contribution in [2.24, 2.45) is 5.92 Å². The predicted octanol–water partition coefficient (Wildman–Crippen LogP) is 0.410. The molecule has 1 N–H and O–H groups in total. The number of likely N-dealkylation sites (tertiary alicyclic amines) is 1. The molecule has 0 radical (unpaired) electrons. The van der Waals surface area contributed by atoms with E-state index < -0.39 is 0 Å². The third kappa shape index (κ3) is 3.91. The molecule has 2 heterocycles. The fraction of sp³-hybridized carbons (Fsp3) is 1.00. The molecule has 100 valence electrons. The van der Waals surface area contributed by atoms with Crippen LogP contribution in [-0.4, -0.2) is 73.5 Å². The minimum absolute atomic E-state index is 0.144. The molecule has 2 aliphatic heterocycles. The summed E-state index contributed by atoms with van der Waals surface area (Å²) in [7, 11) is 2.16. The van der Waals surface area contributed by atoms with Crippen LogP contribution in [0.5, 0.6) is 0 Å². The first kappa shape index (κ1) is 13.3. The maximum atomic E-state index is 9.57. The largest absolute Gasteiger partial charge is 0.393 e. The van der Waals surface area contributed by atoms with Crippen molar-refractivity contribution in [1.82, 2.24) is 9.80 Å². The van der Waals surface area contributed by atoms with E-state index in [0.29, 0.717) is 12.0 Å². The summed E-state index contributed by atoms with van der Waals surface area (Å²) in [6, 6.07) is 0. The highest BCUT2D eigenvalue weighted by Crippen LogP contribution is 2.21. The van der Waals surface area contributed by atoms with Crippen LogP contribution < -0.4 is 0 Å². The number of aliphatic hydroxyl groups excluding tert-OH is 1. The zero-order valence-electron chi connectivity index (χ0n) is 11.1. The molecule has 2 unspecified atom stereocenters. The predicted molar refractivity (Wildman–Crippen MR) is 68.1 cm³/mol. The molecule has 17 heavy (non-hydrogen) atoms. The van der Waals surface area contributed by atoms with Crippen LogP contribution in [0, 0.1) is 5.92 Å². The quantitative estimate of drug-likeness (QED) is 0.777. The van der Waals surface area contributed by atoms with Crippen LogP contribution in [0.2, 0.25) is 0 Å². The van der Waals surface area contributed by atoms with Gasteiger partial charge in [0.2, 0.25) is 0 Å². The second-order valence-electron chi connectivity index (χ2n) is 5.63. The summed E-state index contributed by atoms with van der Waals surface area (Å²) in [5.74, 6) is 0.501. The van der Waals surface area contributed by atoms with E-state index in [9.17, 15) is 5.11 Å². The van der Waals surface area contributed by atoms with E-state index in [-0.39, 0.29) is 6.10 Å². The number of ether oxygens (including phenoxy) is 1. The monoisotopic (exact) mass is 242 g/mol. The highest BCUT2D eigenvalue weighted by atomic mass is 16.5. The van der Waals surface area contributed by atoms with Gasteiger partial charge in [-0.3, -0.25) is 0 Å². The van der Waals surface area contributed by atoms with Gasteiger partial charge in [0.05, 0.1) is 18.8 Å². The van der Waals surface area contributed by atoms with Crippen molar-refractivity contribution in [2.45, 2.75) is 32.0 Å². The topological polar surface area (TPSA) is 35.9 Å². The fourth-order valence-corrected chi connectivity index (χ4v) is 2.88. The molecule has 2 aliphatic rings. The second-order valence-corrected chi connectivity index (χ2v) is 5.63. The van der Waals surface area contributed by atoms with Crippen LogP contribution in [0.15, 0.2) is 0 Å². The lowest BCUT2D eigenvalue weighted by atomic mass is 9.92. The van der Waals surface area contributed by atoms with E-state index in [0.717, 1.165) is 52.2 Å². The molecule has 2 rings (SSSR count). The zero-order valence-corrected chi connectivity index (χ0v) is 11.1. The van der Waals surface area contributed by atoms with Crippen molar-refractivity contribution in [3.8, 4) is 0 Å². The van der Waals surface area contributed by atoms with Crippen LogP contribution in [0.4, 0.5) is 0 Å². The van der Waals surface area contributed by atoms with Gasteiger partial charge in [-0.1, -0.05) is 0 Å². The fourth-order valence-electron chi connectivity index (χ4n) is 2.88. The first-order valence-electron chi connectivity index (χ1n) is 6.85. The molecular weight excluding hydrogens is 216 g/mol. The SMILES string of the molecule is CC(O)C1CCN(CC2CN(C)CCO2)CC1. The molecule has 0 bridgehead atoms. The summed E-state index contributed by atoms with van der Waals surface area (Å²) < 4.78 is 5.79. The molecule has 0 spiro atoms. The maximum Gasteiger partial charge on any atom is 0.0829 e. The Kier molecular flexibility index (Phi) is 4.79. The van der Waals surface area contributed by atoms with E-state index in [1.165, 1.54) is 0 Å². The molecule has 0 aliphatic carbocycles. The lowest BCUT2D eigenvalue weighted by molar-refractivity contribution is -0.0421. The Balaban J connectivity index is 1.70. The average Bonchev–Trinajstić information content (AvgIpc) is 2.29. The average molecular weight is 242 g/mol. The summed E-state index contributed by atoms with van der Waals surface area (Å²) in [5.41, 5.74) is 0. The van der Waals surface area contributed by atoms with Crippen molar-refractivity contribution in [1.29, 1.82) is 0 Å². The Morgan fingerprint density at radius 2 is 2.00 bits per heavy atom. The first-order chi connectivity index (χ1) is 8.15. The van der Waals surface area contributed by atoms with Gasteiger partial charge < -0.3 is 19.6 Å². The molecular formula is C13H26N2O2. The first-order valence-corrected chi connectivity index (χ1v) is 6.85. The second kappa shape index (κ2) is 6.14. The van der Waals surface area contributed by atoms with Gasteiger partial charge in [-0.05, 0) is 45.8 Å². The molecule has 0 aromatic carbocycles. The number of aliphatic hydroxyl groups is 1. The summed E-state index contributed by atoms with van der Waals surface area (Å²) in [5, 5.41) is 9.57. The summed E-state index contributed by atoms with van der Waals surface area (Å²) in [4.78, 5) is 4.83. The number of hydrogen-bond donors (Lipinski definition) is 1. The number of nitrogens with zero attached hydrogens (tertiary/aromatic N) is 2. The minimum atomic E-state index is -0.144. The Hall–Kier alpha value is -0.160. The summed E-state index contributed by atoms with van der Waals surface area (Å²) in [6.07, 6.45) is 2.48. The van der Waals surface area contributed by atoms with Gasteiger partial charge in [-0.2, -0.15) is 0 Å². The molecule has 0 saturated carbocycles. The van der Waals surface area contributed by atoms with Crippen molar-refractivity contribution in [2.75, 3.05) is 46.4 Å². The van der Waals surface area contributed by atoms with Gasteiger partial charge in [0.1, 0.15) is 0 Å². The summed E-state index contributed by atoms with van der Waals surface area (Å²) >= 11 is 0. The molecule has 4 nitrogen and oxygen atoms in total.